The fraction of sp³-hybridized carbons (Fsp3) is 0.158. The SMILES string of the molecule is Cc1cnn(CC(=O)Nc2ccc(C)c(NS(=O)(=O)c3ccccc3)c2)c1. The normalized spacial score (nSPS) is 11.2. The molecule has 0 bridgehead atoms. The molecule has 0 spiro atoms. The van der Waals surface area contributed by atoms with Crippen molar-refractivity contribution in [3.63, 3.8) is 0 Å². The first-order chi connectivity index (χ1) is 12.8. The van der Waals surface area contributed by atoms with Crippen LogP contribution in [0.5, 0.6) is 0 Å². The summed E-state index contributed by atoms with van der Waals surface area (Å²) in [6.45, 7) is 3.76. The van der Waals surface area contributed by atoms with Gasteiger partial charge >= 0.3 is 0 Å². The number of hydrogen-bond donors (Lipinski definition) is 2. The maximum atomic E-state index is 12.5. The molecule has 1 aromatic heterocycles. The van der Waals surface area contributed by atoms with Gasteiger partial charge in [0.2, 0.25) is 5.91 Å². The Morgan fingerprint density at radius 3 is 2.52 bits per heavy atom. The molecule has 0 aliphatic carbocycles. The molecule has 1 heterocycles. The minimum atomic E-state index is -3.70. The van der Waals surface area contributed by atoms with Gasteiger partial charge in [0.15, 0.2) is 0 Å². The van der Waals surface area contributed by atoms with Gasteiger partial charge in [-0.15, -0.1) is 0 Å². The fourth-order valence-corrected chi connectivity index (χ4v) is 3.66. The van der Waals surface area contributed by atoms with E-state index in [4.69, 9.17) is 0 Å². The lowest BCUT2D eigenvalue weighted by Gasteiger charge is -2.13. The molecule has 0 saturated carbocycles. The maximum absolute atomic E-state index is 12.5. The van der Waals surface area contributed by atoms with Gasteiger partial charge in [0.05, 0.1) is 16.8 Å². The van der Waals surface area contributed by atoms with Gasteiger partial charge in [-0.25, -0.2) is 8.42 Å². The van der Waals surface area contributed by atoms with E-state index < -0.39 is 10.0 Å². The van der Waals surface area contributed by atoms with E-state index in [1.807, 2.05) is 6.92 Å². The summed E-state index contributed by atoms with van der Waals surface area (Å²) in [6, 6.07) is 13.2. The molecule has 0 aliphatic heterocycles. The van der Waals surface area contributed by atoms with Crippen LogP contribution in [0.4, 0.5) is 11.4 Å². The number of amides is 1. The lowest BCUT2D eigenvalue weighted by molar-refractivity contribution is -0.116. The first kappa shape index (κ1) is 18.7. The van der Waals surface area contributed by atoms with E-state index in [0.717, 1.165) is 11.1 Å². The standard InChI is InChI=1S/C19H20N4O3S/c1-14-11-20-23(12-14)13-19(24)21-16-9-8-15(2)18(10-16)22-27(25,26)17-6-4-3-5-7-17/h3-12,22H,13H2,1-2H3,(H,21,24). The van der Waals surface area contributed by atoms with Crippen molar-refractivity contribution in [3.05, 3.63) is 72.1 Å². The van der Waals surface area contributed by atoms with Gasteiger partial charge in [0, 0.05) is 11.9 Å². The Balaban J connectivity index is 1.75. The van der Waals surface area contributed by atoms with Gasteiger partial charge < -0.3 is 5.32 Å². The second-order valence-electron chi connectivity index (χ2n) is 6.21. The molecular formula is C19H20N4O3S. The van der Waals surface area contributed by atoms with Crippen LogP contribution >= 0.6 is 0 Å². The summed E-state index contributed by atoms with van der Waals surface area (Å²) in [5, 5.41) is 6.83. The van der Waals surface area contributed by atoms with Gasteiger partial charge in [-0.3, -0.25) is 14.2 Å². The molecule has 0 unspecified atom stereocenters. The number of carbonyl (C=O) groups excluding carboxylic acids is 1. The molecular weight excluding hydrogens is 364 g/mol. The first-order valence-electron chi connectivity index (χ1n) is 8.31. The zero-order valence-electron chi connectivity index (χ0n) is 15.0. The molecule has 140 valence electrons. The second kappa shape index (κ2) is 7.63. The average molecular weight is 384 g/mol. The fourth-order valence-electron chi connectivity index (χ4n) is 2.51. The van der Waals surface area contributed by atoms with Crippen LogP contribution < -0.4 is 10.0 Å². The summed E-state index contributed by atoms with van der Waals surface area (Å²) in [4.78, 5) is 12.4. The van der Waals surface area contributed by atoms with Gasteiger partial charge in [-0.1, -0.05) is 24.3 Å². The molecule has 27 heavy (non-hydrogen) atoms. The summed E-state index contributed by atoms with van der Waals surface area (Å²) in [6.07, 6.45) is 3.45. The summed E-state index contributed by atoms with van der Waals surface area (Å²) in [5.74, 6) is -0.251. The highest BCUT2D eigenvalue weighted by Gasteiger charge is 2.15. The number of sulfonamides is 1. The van der Waals surface area contributed by atoms with E-state index in [1.165, 1.54) is 16.8 Å². The molecule has 2 N–H and O–H groups in total. The van der Waals surface area contributed by atoms with Gasteiger partial charge in [0.1, 0.15) is 6.54 Å². The minimum absolute atomic E-state index is 0.0762. The van der Waals surface area contributed by atoms with Crippen LogP contribution in [0, 0.1) is 13.8 Å². The molecule has 2 aromatic carbocycles. The predicted octanol–water partition coefficient (Wildman–Crippen LogP) is 2.94. The second-order valence-corrected chi connectivity index (χ2v) is 7.89. The van der Waals surface area contributed by atoms with Crippen molar-refractivity contribution in [3.8, 4) is 0 Å². The van der Waals surface area contributed by atoms with E-state index >= 15 is 0 Å². The monoisotopic (exact) mass is 384 g/mol. The van der Waals surface area contributed by atoms with E-state index in [1.54, 1.807) is 55.7 Å². The number of aromatic nitrogens is 2. The third-order valence-corrected chi connectivity index (χ3v) is 5.27. The minimum Gasteiger partial charge on any atom is -0.324 e. The smallest absolute Gasteiger partial charge is 0.261 e. The van der Waals surface area contributed by atoms with Crippen molar-refractivity contribution in [2.45, 2.75) is 25.3 Å². The van der Waals surface area contributed by atoms with Crippen molar-refractivity contribution in [2.75, 3.05) is 10.0 Å². The summed E-state index contributed by atoms with van der Waals surface area (Å²) in [7, 11) is -3.70. The van der Waals surface area contributed by atoms with Crippen LogP contribution in [0.3, 0.4) is 0 Å². The number of nitrogens with one attached hydrogen (secondary N) is 2. The largest absolute Gasteiger partial charge is 0.324 e. The van der Waals surface area contributed by atoms with E-state index in [-0.39, 0.29) is 17.3 Å². The summed E-state index contributed by atoms with van der Waals surface area (Å²) in [5.41, 5.74) is 2.62. The van der Waals surface area contributed by atoms with Crippen LogP contribution in [0.15, 0.2) is 65.8 Å². The molecule has 7 nitrogen and oxygen atoms in total. The van der Waals surface area contributed by atoms with E-state index in [0.29, 0.717) is 11.4 Å². The van der Waals surface area contributed by atoms with Crippen molar-refractivity contribution >= 4 is 27.3 Å². The quantitative estimate of drug-likeness (QED) is 0.683. The van der Waals surface area contributed by atoms with Crippen molar-refractivity contribution in [2.24, 2.45) is 0 Å². The molecule has 8 heteroatoms. The molecule has 1 amide bonds. The Morgan fingerprint density at radius 2 is 1.85 bits per heavy atom. The van der Waals surface area contributed by atoms with Gasteiger partial charge in [-0.2, -0.15) is 5.10 Å². The van der Waals surface area contributed by atoms with Crippen LogP contribution in [0.1, 0.15) is 11.1 Å². The number of aryl methyl sites for hydroxylation is 2. The molecule has 0 aliphatic rings. The van der Waals surface area contributed by atoms with Crippen LogP contribution in [0.25, 0.3) is 0 Å². The van der Waals surface area contributed by atoms with Crippen molar-refractivity contribution in [1.82, 2.24) is 9.78 Å². The molecule has 0 fully saturated rings. The average Bonchev–Trinajstić information content (AvgIpc) is 3.03. The molecule has 0 saturated heterocycles. The number of carbonyl (C=O) groups is 1. The zero-order valence-corrected chi connectivity index (χ0v) is 15.8. The zero-order chi connectivity index (χ0) is 19.4. The first-order valence-corrected chi connectivity index (χ1v) is 9.79. The highest BCUT2D eigenvalue weighted by atomic mass is 32.2. The van der Waals surface area contributed by atoms with E-state index in [2.05, 4.69) is 15.1 Å². The maximum Gasteiger partial charge on any atom is 0.261 e. The Kier molecular flexibility index (Phi) is 5.27. The highest BCUT2D eigenvalue weighted by molar-refractivity contribution is 7.92. The summed E-state index contributed by atoms with van der Waals surface area (Å²) < 4.78 is 29.2. The Morgan fingerprint density at radius 1 is 1.11 bits per heavy atom. The number of benzene rings is 2. The highest BCUT2D eigenvalue weighted by Crippen LogP contribution is 2.23. The van der Waals surface area contributed by atoms with Crippen LogP contribution in [-0.4, -0.2) is 24.1 Å². The third kappa shape index (κ3) is 4.73. The number of anilines is 2. The van der Waals surface area contributed by atoms with Gasteiger partial charge in [0.25, 0.3) is 10.0 Å². The Hall–Kier alpha value is -3.13. The Bertz CT molecular complexity index is 1060. The van der Waals surface area contributed by atoms with Crippen LogP contribution in [0.2, 0.25) is 0 Å². The third-order valence-electron chi connectivity index (χ3n) is 3.89. The van der Waals surface area contributed by atoms with Gasteiger partial charge in [-0.05, 0) is 49.2 Å². The van der Waals surface area contributed by atoms with Crippen molar-refractivity contribution < 1.29 is 13.2 Å². The number of hydrogen-bond acceptors (Lipinski definition) is 4. The van der Waals surface area contributed by atoms with Crippen LogP contribution in [-0.2, 0) is 21.4 Å². The molecule has 3 aromatic rings. The number of rotatable bonds is 6. The molecule has 3 rings (SSSR count). The molecule has 0 radical (unpaired) electrons. The lowest BCUT2D eigenvalue weighted by atomic mass is 10.2. The Labute approximate surface area is 158 Å². The summed E-state index contributed by atoms with van der Waals surface area (Å²) >= 11 is 0. The van der Waals surface area contributed by atoms with E-state index in [9.17, 15) is 13.2 Å². The predicted molar refractivity (Wildman–Crippen MR) is 104 cm³/mol. The number of nitrogens with zero attached hydrogens (tertiary/aromatic N) is 2. The lowest BCUT2D eigenvalue weighted by Crippen LogP contribution is -2.19. The van der Waals surface area contributed by atoms with Crippen molar-refractivity contribution in [1.29, 1.82) is 0 Å². The topological polar surface area (TPSA) is 93.1 Å². The molecule has 0 atom stereocenters.